The van der Waals surface area contributed by atoms with Crippen molar-refractivity contribution in [2.75, 3.05) is 11.9 Å². The van der Waals surface area contributed by atoms with E-state index in [0.29, 0.717) is 22.9 Å². The number of hydrogen-bond donors (Lipinski definition) is 1. The average Bonchev–Trinajstić information content (AvgIpc) is 3.47. The topological polar surface area (TPSA) is 80.1 Å². The number of fused-ring (bicyclic) bond motifs is 1. The van der Waals surface area contributed by atoms with Crippen molar-refractivity contribution in [3.05, 3.63) is 89.2 Å². The van der Waals surface area contributed by atoms with Gasteiger partial charge in [0.2, 0.25) is 5.91 Å². The molecule has 0 fully saturated rings. The minimum Gasteiger partial charge on any atom is -0.333 e. The Kier molecular flexibility index (Phi) is 5.28. The minimum absolute atomic E-state index is 0.106. The van der Waals surface area contributed by atoms with Gasteiger partial charge in [-0.25, -0.2) is 4.98 Å². The van der Waals surface area contributed by atoms with Crippen LogP contribution in [0, 0.1) is 0 Å². The molecule has 8 heteroatoms. The minimum atomic E-state index is -0.573. The van der Waals surface area contributed by atoms with Gasteiger partial charge in [0.25, 0.3) is 5.91 Å². The predicted molar refractivity (Wildman–Crippen MR) is 123 cm³/mol. The fourth-order valence-corrected chi connectivity index (χ4v) is 4.63. The Labute approximate surface area is 189 Å². The van der Waals surface area contributed by atoms with Crippen LogP contribution in [0.5, 0.6) is 0 Å². The zero-order valence-corrected chi connectivity index (χ0v) is 18.2. The number of anilines is 1. The van der Waals surface area contributed by atoms with Gasteiger partial charge in [0.15, 0.2) is 5.13 Å². The molecule has 0 saturated heterocycles. The third-order valence-corrected chi connectivity index (χ3v) is 6.23. The zero-order chi connectivity index (χ0) is 22.1. The van der Waals surface area contributed by atoms with Gasteiger partial charge in [-0.3, -0.25) is 14.3 Å². The van der Waals surface area contributed by atoms with Gasteiger partial charge in [-0.05, 0) is 17.2 Å². The van der Waals surface area contributed by atoms with E-state index in [1.807, 2.05) is 67.8 Å². The molecule has 3 heterocycles. The lowest BCUT2D eigenvalue weighted by Crippen LogP contribution is -2.42. The number of hydrogen-bond acceptors (Lipinski definition) is 5. The summed E-state index contributed by atoms with van der Waals surface area (Å²) in [5.74, 6) is -0.892. The van der Waals surface area contributed by atoms with Crippen LogP contribution >= 0.6 is 11.3 Å². The summed E-state index contributed by atoms with van der Waals surface area (Å²) in [5.41, 5.74) is 4.06. The molecule has 2 aromatic heterocycles. The van der Waals surface area contributed by atoms with Gasteiger partial charge in [-0.15, -0.1) is 11.3 Å². The van der Waals surface area contributed by atoms with Crippen molar-refractivity contribution in [1.82, 2.24) is 19.7 Å². The molecule has 1 aliphatic heterocycles. The van der Waals surface area contributed by atoms with Gasteiger partial charge in [-0.2, -0.15) is 5.10 Å². The first-order valence-electron chi connectivity index (χ1n) is 10.3. The van der Waals surface area contributed by atoms with Crippen molar-refractivity contribution < 1.29 is 9.59 Å². The Balaban J connectivity index is 1.47. The number of aryl methyl sites for hydroxylation is 1. The summed E-state index contributed by atoms with van der Waals surface area (Å²) in [6.45, 7) is 0.662. The molecule has 0 radical (unpaired) electrons. The summed E-state index contributed by atoms with van der Waals surface area (Å²) < 4.78 is 1.69. The van der Waals surface area contributed by atoms with Crippen molar-refractivity contribution in [3.8, 4) is 11.1 Å². The highest BCUT2D eigenvalue weighted by Crippen LogP contribution is 2.31. The standard InChI is InChI=1S/C24H21N5O2S/c1-28-13-17-14-29(15-20(21(17)27-28)22(30)26-24-25-11-12-32-24)23(31)19-10-6-5-9-18(19)16-7-3-2-4-8-16/h2-13,20H,14-15H2,1H3,(H,25,26,30). The monoisotopic (exact) mass is 443 g/mol. The summed E-state index contributed by atoms with van der Waals surface area (Å²) in [6, 6.07) is 17.4. The highest BCUT2D eigenvalue weighted by molar-refractivity contribution is 7.13. The summed E-state index contributed by atoms with van der Waals surface area (Å²) in [7, 11) is 1.82. The van der Waals surface area contributed by atoms with Crippen molar-refractivity contribution in [1.29, 1.82) is 0 Å². The third kappa shape index (κ3) is 3.80. The first kappa shape index (κ1) is 20.1. The molecular weight excluding hydrogens is 422 g/mol. The third-order valence-electron chi connectivity index (χ3n) is 5.54. The van der Waals surface area contributed by atoms with Crippen LogP contribution < -0.4 is 5.32 Å². The molecule has 0 spiro atoms. The first-order valence-corrected chi connectivity index (χ1v) is 11.1. The van der Waals surface area contributed by atoms with Gasteiger partial charge >= 0.3 is 0 Å². The molecule has 2 aromatic carbocycles. The van der Waals surface area contributed by atoms with E-state index in [2.05, 4.69) is 15.4 Å². The smallest absolute Gasteiger partial charge is 0.254 e. The van der Waals surface area contributed by atoms with E-state index in [0.717, 1.165) is 16.7 Å². The van der Waals surface area contributed by atoms with Crippen LogP contribution in [0.15, 0.2) is 72.4 Å². The molecule has 32 heavy (non-hydrogen) atoms. The number of aromatic nitrogens is 3. The maximum atomic E-state index is 13.7. The van der Waals surface area contributed by atoms with Gasteiger partial charge < -0.3 is 10.2 Å². The van der Waals surface area contributed by atoms with Crippen molar-refractivity contribution in [3.63, 3.8) is 0 Å². The zero-order valence-electron chi connectivity index (χ0n) is 17.4. The summed E-state index contributed by atoms with van der Waals surface area (Å²) >= 11 is 1.36. The highest BCUT2D eigenvalue weighted by atomic mass is 32.1. The molecule has 0 bridgehead atoms. The van der Waals surface area contributed by atoms with Crippen molar-refractivity contribution >= 4 is 28.3 Å². The van der Waals surface area contributed by atoms with E-state index >= 15 is 0 Å². The SMILES string of the molecule is Cn1cc2c(n1)C(C(=O)Nc1nccs1)CN(C(=O)c1ccccc1-c1ccccc1)C2. The van der Waals surface area contributed by atoms with Crippen LogP contribution in [-0.2, 0) is 18.4 Å². The van der Waals surface area contributed by atoms with E-state index in [1.54, 1.807) is 21.2 Å². The second-order valence-electron chi connectivity index (χ2n) is 7.69. The number of carbonyl (C=O) groups is 2. The Hall–Kier alpha value is -3.78. The molecule has 1 aliphatic rings. The number of benzene rings is 2. The van der Waals surface area contributed by atoms with E-state index in [1.165, 1.54) is 11.3 Å². The van der Waals surface area contributed by atoms with E-state index in [-0.39, 0.29) is 18.4 Å². The molecule has 1 atom stereocenters. The number of amides is 2. The largest absolute Gasteiger partial charge is 0.333 e. The summed E-state index contributed by atoms with van der Waals surface area (Å²) in [4.78, 5) is 32.6. The molecule has 4 aromatic rings. The van der Waals surface area contributed by atoms with E-state index in [9.17, 15) is 9.59 Å². The maximum absolute atomic E-state index is 13.7. The molecule has 0 aliphatic carbocycles. The molecule has 2 amide bonds. The number of nitrogens with one attached hydrogen (secondary N) is 1. The number of thiazole rings is 1. The fourth-order valence-electron chi connectivity index (χ4n) is 4.10. The van der Waals surface area contributed by atoms with Crippen LogP contribution in [-0.4, -0.2) is 38.0 Å². The van der Waals surface area contributed by atoms with Crippen molar-refractivity contribution in [2.24, 2.45) is 7.05 Å². The number of carbonyl (C=O) groups excluding carboxylic acids is 2. The van der Waals surface area contributed by atoms with Crippen LogP contribution in [0.3, 0.4) is 0 Å². The Morgan fingerprint density at radius 2 is 1.88 bits per heavy atom. The van der Waals surface area contributed by atoms with Crippen LogP contribution in [0.2, 0.25) is 0 Å². The number of rotatable bonds is 4. The fraction of sp³-hybridized carbons (Fsp3) is 0.167. The Morgan fingerprint density at radius 3 is 2.66 bits per heavy atom. The van der Waals surface area contributed by atoms with Gasteiger partial charge in [0.05, 0.1) is 5.69 Å². The molecule has 7 nitrogen and oxygen atoms in total. The lowest BCUT2D eigenvalue weighted by Gasteiger charge is -2.31. The molecular formula is C24H21N5O2S. The molecule has 1 N–H and O–H groups in total. The normalized spacial score (nSPS) is 15.3. The molecule has 0 saturated carbocycles. The molecule has 5 rings (SSSR count). The maximum Gasteiger partial charge on any atom is 0.254 e. The predicted octanol–water partition coefficient (Wildman–Crippen LogP) is 3.92. The first-order chi connectivity index (χ1) is 15.6. The Bertz CT molecular complexity index is 1270. The van der Waals surface area contributed by atoms with Crippen LogP contribution in [0.4, 0.5) is 5.13 Å². The lowest BCUT2D eigenvalue weighted by molar-refractivity contribution is -0.118. The van der Waals surface area contributed by atoms with Gasteiger partial charge in [0, 0.05) is 49.0 Å². The average molecular weight is 444 g/mol. The summed E-state index contributed by atoms with van der Waals surface area (Å²) in [6.07, 6.45) is 3.52. The molecule has 1 unspecified atom stereocenters. The van der Waals surface area contributed by atoms with E-state index < -0.39 is 5.92 Å². The van der Waals surface area contributed by atoms with Crippen molar-refractivity contribution in [2.45, 2.75) is 12.5 Å². The van der Waals surface area contributed by atoms with Crippen LogP contribution in [0.25, 0.3) is 11.1 Å². The second kappa shape index (κ2) is 8.39. The number of nitrogens with zero attached hydrogens (tertiary/aromatic N) is 4. The quantitative estimate of drug-likeness (QED) is 0.518. The van der Waals surface area contributed by atoms with Gasteiger partial charge in [-0.1, -0.05) is 48.5 Å². The highest BCUT2D eigenvalue weighted by Gasteiger charge is 2.36. The van der Waals surface area contributed by atoms with Crippen LogP contribution in [0.1, 0.15) is 27.5 Å². The second-order valence-corrected chi connectivity index (χ2v) is 8.58. The van der Waals surface area contributed by atoms with Gasteiger partial charge in [0.1, 0.15) is 5.92 Å². The Morgan fingerprint density at radius 1 is 1.09 bits per heavy atom. The molecule has 160 valence electrons. The summed E-state index contributed by atoms with van der Waals surface area (Å²) in [5, 5.41) is 9.71. The van der Waals surface area contributed by atoms with E-state index in [4.69, 9.17) is 0 Å². The lowest BCUT2D eigenvalue weighted by atomic mass is 9.93.